The van der Waals surface area contributed by atoms with E-state index in [2.05, 4.69) is 4.98 Å². The molecule has 6 heteroatoms. The van der Waals surface area contributed by atoms with Gasteiger partial charge >= 0.3 is 0 Å². The maximum atomic E-state index is 13.3. The Morgan fingerprint density at radius 1 is 1.07 bits per heavy atom. The summed E-state index contributed by atoms with van der Waals surface area (Å²) in [5.41, 5.74) is 1.79. The molecular formula is C24H20N2O4. The van der Waals surface area contributed by atoms with E-state index in [0.29, 0.717) is 16.9 Å². The lowest BCUT2D eigenvalue weighted by molar-refractivity contribution is -0.378. The van der Waals surface area contributed by atoms with Crippen molar-refractivity contribution in [2.24, 2.45) is 0 Å². The molecule has 1 atom stereocenters. The van der Waals surface area contributed by atoms with Crippen LogP contribution in [0.3, 0.4) is 0 Å². The predicted octanol–water partition coefficient (Wildman–Crippen LogP) is 1.93. The van der Waals surface area contributed by atoms with Gasteiger partial charge in [0.25, 0.3) is 5.91 Å². The fourth-order valence-electron chi connectivity index (χ4n) is 3.66. The number of ketones is 1. The van der Waals surface area contributed by atoms with Crippen molar-refractivity contribution in [1.29, 1.82) is 0 Å². The molecule has 1 aliphatic heterocycles. The van der Waals surface area contributed by atoms with Crippen LogP contribution in [0.25, 0.3) is 5.76 Å². The number of aromatic amines is 1. The number of likely N-dealkylation sites (tertiary alicyclic amines) is 1. The van der Waals surface area contributed by atoms with Gasteiger partial charge in [-0.25, -0.2) is 4.98 Å². The lowest BCUT2D eigenvalue weighted by Gasteiger charge is -2.27. The van der Waals surface area contributed by atoms with Crippen molar-refractivity contribution in [2.45, 2.75) is 12.6 Å². The summed E-state index contributed by atoms with van der Waals surface area (Å²) >= 11 is 0. The molecule has 0 radical (unpaired) electrons. The van der Waals surface area contributed by atoms with Crippen LogP contribution < -0.4 is 14.8 Å². The number of methoxy groups -OCH3 is 1. The lowest BCUT2D eigenvalue weighted by Crippen LogP contribution is -2.29. The van der Waals surface area contributed by atoms with Crippen molar-refractivity contribution >= 4 is 17.4 Å². The number of H-pyrrole nitrogens is 1. The molecule has 2 heterocycles. The summed E-state index contributed by atoms with van der Waals surface area (Å²) in [6, 6.07) is 18.5. The van der Waals surface area contributed by atoms with Crippen LogP contribution in [0.4, 0.5) is 0 Å². The second-order valence-corrected chi connectivity index (χ2v) is 6.96. The molecule has 1 N–H and O–H groups in total. The van der Waals surface area contributed by atoms with Gasteiger partial charge in [0.1, 0.15) is 5.75 Å². The van der Waals surface area contributed by atoms with Gasteiger partial charge < -0.3 is 14.7 Å². The van der Waals surface area contributed by atoms with E-state index in [1.165, 1.54) is 4.90 Å². The van der Waals surface area contributed by atoms with Crippen LogP contribution in [-0.4, -0.2) is 23.7 Å². The Morgan fingerprint density at radius 2 is 1.87 bits per heavy atom. The highest BCUT2D eigenvalue weighted by Gasteiger charge is 2.44. The van der Waals surface area contributed by atoms with E-state index in [1.807, 2.05) is 12.1 Å². The van der Waals surface area contributed by atoms with Gasteiger partial charge in [-0.3, -0.25) is 9.59 Å². The quantitative estimate of drug-likeness (QED) is 0.372. The van der Waals surface area contributed by atoms with Crippen LogP contribution in [0.15, 0.2) is 84.7 Å². The number of Topliss-reactive ketones (excluding diaryl/α,β-unsaturated/α-hetero) is 1. The van der Waals surface area contributed by atoms with Crippen molar-refractivity contribution in [2.75, 3.05) is 7.11 Å². The first-order valence-electron chi connectivity index (χ1n) is 9.51. The number of rotatable bonds is 5. The van der Waals surface area contributed by atoms with Gasteiger partial charge in [0.15, 0.2) is 12.4 Å². The van der Waals surface area contributed by atoms with Crippen molar-refractivity contribution in [3.63, 3.8) is 0 Å². The molecule has 6 nitrogen and oxygen atoms in total. The Kier molecular flexibility index (Phi) is 5.30. The molecule has 0 saturated carbocycles. The van der Waals surface area contributed by atoms with Gasteiger partial charge in [-0.15, -0.1) is 0 Å². The van der Waals surface area contributed by atoms with Gasteiger partial charge in [0.2, 0.25) is 5.78 Å². The molecule has 4 rings (SSSR count). The van der Waals surface area contributed by atoms with E-state index in [-0.39, 0.29) is 12.1 Å². The molecule has 1 aromatic heterocycles. The molecule has 1 amide bonds. The molecule has 1 fully saturated rings. The van der Waals surface area contributed by atoms with Crippen molar-refractivity contribution in [1.82, 2.24) is 4.90 Å². The fourth-order valence-corrected chi connectivity index (χ4v) is 3.66. The molecule has 3 aromatic rings. The number of aromatic nitrogens is 1. The lowest BCUT2D eigenvalue weighted by atomic mass is 9.95. The predicted molar refractivity (Wildman–Crippen MR) is 108 cm³/mol. The summed E-state index contributed by atoms with van der Waals surface area (Å²) < 4.78 is 5.31. The van der Waals surface area contributed by atoms with Crippen LogP contribution in [-0.2, 0) is 16.1 Å². The molecule has 0 aliphatic carbocycles. The SMILES string of the molecule is COc1cccc(C2/C(=C(\[O-])c3ccccc3)C(=O)C(=O)N2Cc2ccc[nH+]c2)c1. The van der Waals surface area contributed by atoms with Crippen molar-refractivity contribution in [3.8, 4) is 5.75 Å². The van der Waals surface area contributed by atoms with Gasteiger partial charge in [0.05, 0.1) is 19.7 Å². The Morgan fingerprint density at radius 3 is 2.57 bits per heavy atom. The van der Waals surface area contributed by atoms with Gasteiger partial charge in [-0.05, 0) is 29.3 Å². The number of hydrogen-bond donors (Lipinski definition) is 0. The monoisotopic (exact) mass is 400 g/mol. The van der Waals surface area contributed by atoms with E-state index < -0.39 is 23.5 Å². The summed E-state index contributed by atoms with van der Waals surface area (Å²) in [5, 5.41) is 13.3. The highest BCUT2D eigenvalue weighted by atomic mass is 16.5. The van der Waals surface area contributed by atoms with E-state index in [4.69, 9.17) is 4.74 Å². The molecule has 0 spiro atoms. The number of carbonyl (C=O) groups is 2. The first kappa shape index (κ1) is 19.4. The van der Waals surface area contributed by atoms with Crippen molar-refractivity contribution < 1.29 is 24.4 Å². The van der Waals surface area contributed by atoms with E-state index in [1.54, 1.807) is 74.1 Å². The number of carbonyl (C=O) groups excluding carboxylic acids is 2. The zero-order valence-electron chi connectivity index (χ0n) is 16.4. The number of benzene rings is 2. The minimum Gasteiger partial charge on any atom is -0.872 e. The smallest absolute Gasteiger partial charge is 0.295 e. The summed E-state index contributed by atoms with van der Waals surface area (Å²) in [6.07, 6.45) is 3.52. The zero-order chi connectivity index (χ0) is 21.1. The van der Waals surface area contributed by atoms with Crippen LogP contribution in [0.1, 0.15) is 22.7 Å². The van der Waals surface area contributed by atoms with Gasteiger partial charge in [-0.1, -0.05) is 48.2 Å². The number of nitrogens with zero attached hydrogens (tertiary/aromatic N) is 1. The molecule has 1 aliphatic rings. The molecule has 150 valence electrons. The molecule has 1 saturated heterocycles. The fraction of sp³-hybridized carbons (Fsp3) is 0.125. The third-order valence-electron chi connectivity index (χ3n) is 5.10. The Hall–Kier alpha value is -3.93. The molecule has 30 heavy (non-hydrogen) atoms. The minimum absolute atomic E-state index is 0.0423. The summed E-state index contributed by atoms with van der Waals surface area (Å²) in [5.74, 6) is -1.31. The zero-order valence-corrected chi connectivity index (χ0v) is 16.4. The van der Waals surface area contributed by atoms with Crippen LogP contribution in [0.2, 0.25) is 0 Å². The summed E-state index contributed by atoms with van der Waals surface area (Å²) in [6.45, 7) is 0.190. The number of hydrogen-bond acceptors (Lipinski definition) is 4. The topological polar surface area (TPSA) is 83.8 Å². The second-order valence-electron chi connectivity index (χ2n) is 6.96. The normalized spacial score (nSPS) is 17.9. The van der Waals surface area contributed by atoms with E-state index in [9.17, 15) is 14.7 Å². The Balaban J connectivity index is 1.87. The maximum absolute atomic E-state index is 13.3. The highest BCUT2D eigenvalue weighted by molar-refractivity contribution is 6.46. The van der Waals surface area contributed by atoms with E-state index >= 15 is 0 Å². The number of nitrogens with one attached hydrogen (secondary N) is 1. The third kappa shape index (κ3) is 3.55. The van der Waals surface area contributed by atoms with Crippen LogP contribution in [0, 0.1) is 0 Å². The first-order valence-corrected chi connectivity index (χ1v) is 9.51. The standard InChI is InChI=1S/C24H20N2O4/c1-30-19-11-5-10-18(13-19)21-20(22(27)17-8-3-2-4-9-17)23(28)24(29)26(21)15-16-7-6-12-25-14-16/h2-14,21,27H,15H2,1H3/b22-20+. The average Bonchev–Trinajstić information content (AvgIpc) is 3.05. The van der Waals surface area contributed by atoms with E-state index in [0.717, 1.165) is 5.56 Å². The first-order chi connectivity index (χ1) is 14.6. The van der Waals surface area contributed by atoms with Crippen LogP contribution >= 0.6 is 0 Å². The Labute approximate surface area is 174 Å². The second kappa shape index (κ2) is 8.21. The van der Waals surface area contributed by atoms with Gasteiger partial charge in [0, 0.05) is 17.2 Å². The largest absolute Gasteiger partial charge is 0.872 e. The number of ether oxygens (including phenoxy) is 1. The summed E-state index contributed by atoms with van der Waals surface area (Å²) in [7, 11) is 1.54. The van der Waals surface area contributed by atoms with Crippen molar-refractivity contribution in [3.05, 3.63) is 101 Å². The maximum Gasteiger partial charge on any atom is 0.295 e. The Bertz CT molecular complexity index is 1110. The highest BCUT2D eigenvalue weighted by Crippen LogP contribution is 2.40. The summed E-state index contributed by atoms with van der Waals surface area (Å²) in [4.78, 5) is 30.3. The molecular weight excluding hydrogens is 380 g/mol. The molecule has 1 unspecified atom stereocenters. The third-order valence-corrected chi connectivity index (χ3v) is 5.10. The number of amides is 1. The average molecular weight is 400 g/mol. The van der Waals surface area contributed by atoms with Gasteiger partial charge in [-0.2, -0.15) is 0 Å². The molecule has 0 bridgehead atoms. The number of pyridine rings is 1. The van der Waals surface area contributed by atoms with Crippen LogP contribution in [0.5, 0.6) is 5.75 Å². The molecule has 2 aromatic carbocycles. The minimum atomic E-state index is -0.798.